The first kappa shape index (κ1) is 9.07. The summed E-state index contributed by atoms with van der Waals surface area (Å²) in [4.78, 5) is 12.1. The van der Waals surface area contributed by atoms with Gasteiger partial charge >= 0.3 is 0 Å². The van der Waals surface area contributed by atoms with Gasteiger partial charge in [0.05, 0.1) is 0 Å². The van der Waals surface area contributed by atoms with E-state index in [1.165, 1.54) is 11.8 Å². The molecular formula is C10H10OS. The summed E-state index contributed by atoms with van der Waals surface area (Å²) in [7, 11) is 0. The van der Waals surface area contributed by atoms with Gasteiger partial charge in [0.15, 0.2) is 5.12 Å². The highest BCUT2D eigenvalue weighted by atomic mass is 32.2. The number of hydrogen-bond donors (Lipinski definition) is 0. The third kappa shape index (κ3) is 2.93. The minimum absolute atomic E-state index is 0.135. The molecule has 0 saturated carbocycles. The van der Waals surface area contributed by atoms with Crippen LogP contribution in [0.5, 0.6) is 0 Å². The third-order valence-corrected chi connectivity index (χ3v) is 2.19. The molecule has 0 radical (unpaired) electrons. The van der Waals surface area contributed by atoms with E-state index in [9.17, 15) is 4.79 Å². The number of hydrogen-bond acceptors (Lipinski definition) is 2. The van der Waals surface area contributed by atoms with Gasteiger partial charge in [-0.15, -0.1) is 6.58 Å². The van der Waals surface area contributed by atoms with E-state index in [1.807, 2.05) is 30.3 Å². The van der Waals surface area contributed by atoms with Crippen LogP contribution in [-0.2, 0) is 4.79 Å². The molecule has 0 aliphatic carbocycles. The molecule has 0 unspecified atom stereocenters. The monoisotopic (exact) mass is 178 g/mol. The van der Waals surface area contributed by atoms with Gasteiger partial charge in [0.2, 0.25) is 0 Å². The molecule has 0 aliphatic heterocycles. The Hall–Kier alpha value is -1.02. The van der Waals surface area contributed by atoms with Crippen LogP contribution in [0, 0.1) is 0 Å². The second kappa shape index (κ2) is 4.78. The molecule has 0 aliphatic rings. The maximum atomic E-state index is 11.1. The molecule has 62 valence electrons. The average molecular weight is 178 g/mol. The molecule has 1 nitrogen and oxygen atoms in total. The fourth-order valence-electron chi connectivity index (χ4n) is 0.780. The second-order valence-electron chi connectivity index (χ2n) is 2.28. The van der Waals surface area contributed by atoms with E-state index < -0.39 is 0 Å². The van der Waals surface area contributed by atoms with E-state index in [0.29, 0.717) is 6.42 Å². The fourth-order valence-corrected chi connectivity index (χ4v) is 1.54. The number of carbonyl (C=O) groups excluding carboxylic acids is 1. The van der Waals surface area contributed by atoms with Crippen molar-refractivity contribution < 1.29 is 4.79 Å². The van der Waals surface area contributed by atoms with E-state index in [2.05, 4.69) is 6.58 Å². The van der Waals surface area contributed by atoms with Crippen molar-refractivity contribution in [2.24, 2.45) is 0 Å². The molecule has 12 heavy (non-hydrogen) atoms. The first-order valence-corrected chi connectivity index (χ1v) is 4.51. The first-order valence-electron chi connectivity index (χ1n) is 3.69. The van der Waals surface area contributed by atoms with Crippen LogP contribution in [0.25, 0.3) is 0 Å². The normalized spacial score (nSPS) is 9.33. The fraction of sp³-hybridized carbons (Fsp3) is 0.100. The lowest BCUT2D eigenvalue weighted by atomic mass is 10.4. The van der Waals surface area contributed by atoms with E-state index in [-0.39, 0.29) is 5.12 Å². The van der Waals surface area contributed by atoms with Gasteiger partial charge in [-0.25, -0.2) is 0 Å². The zero-order valence-corrected chi connectivity index (χ0v) is 7.51. The predicted octanol–water partition coefficient (Wildman–Crippen LogP) is 2.88. The SMILES string of the molecule is C=CCC(=O)Sc1ccccc1. The van der Waals surface area contributed by atoms with Crippen molar-refractivity contribution in [3.8, 4) is 0 Å². The Labute approximate surface area is 76.5 Å². The van der Waals surface area contributed by atoms with Gasteiger partial charge < -0.3 is 0 Å². The van der Waals surface area contributed by atoms with Crippen molar-refractivity contribution >= 4 is 16.9 Å². The lowest BCUT2D eigenvalue weighted by molar-refractivity contribution is -0.110. The van der Waals surface area contributed by atoms with Gasteiger partial charge in [-0.05, 0) is 12.1 Å². The summed E-state index contributed by atoms with van der Waals surface area (Å²) in [6.45, 7) is 3.51. The van der Waals surface area contributed by atoms with Gasteiger partial charge in [0.25, 0.3) is 0 Å². The molecule has 0 fully saturated rings. The van der Waals surface area contributed by atoms with Crippen LogP contribution in [0.3, 0.4) is 0 Å². The van der Waals surface area contributed by atoms with Crippen molar-refractivity contribution in [3.63, 3.8) is 0 Å². The maximum Gasteiger partial charge on any atom is 0.197 e. The van der Waals surface area contributed by atoms with Crippen molar-refractivity contribution in [1.29, 1.82) is 0 Å². The lowest BCUT2D eigenvalue weighted by Gasteiger charge is -1.96. The molecule has 0 atom stereocenters. The smallest absolute Gasteiger partial charge is 0.197 e. The van der Waals surface area contributed by atoms with Gasteiger partial charge in [0, 0.05) is 11.3 Å². The Kier molecular flexibility index (Phi) is 3.61. The Morgan fingerprint density at radius 3 is 2.67 bits per heavy atom. The summed E-state index contributed by atoms with van der Waals surface area (Å²) >= 11 is 1.26. The van der Waals surface area contributed by atoms with Gasteiger partial charge in [-0.3, -0.25) is 4.79 Å². The number of thioether (sulfide) groups is 1. The standard InChI is InChI=1S/C10H10OS/c1-2-6-10(11)12-9-7-4-3-5-8-9/h2-5,7-8H,1,6H2. The van der Waals surface area contributed by atoms with E-state index in [0.717, 1.165) is 4.90 Å². The summed E-state index contributed by atoms with van der Waals surface area (Å²) < 4.78 is 0. The third-order valence-electron chi connectivity index (χ3n) is 1.29. The van der Waals surface area contributed by atoms with Crippen molar-refractivity contribution in [1.82, 2.24) is 0 Å². The zero-order valence-electron chi connectivity index (χ0n) is 6.69. The summed E-state index contributed by atoms with van der Waals surface area (Å²) in [5, 5.41) is 0.135. The van der Waals surface area contributed by atoms with Crippen LogP contribution >= 0.6 is 11.8 Å². The molecule has 0 bridgehead atoms. The molecule has 0 N–H and O–H groups in total. The van der Waals surface area contributed by atoms with Crippen LogP contribution in [0.1, 0.15) is 6.42 Å². The average Bonchev–Trinajstić information content (AvgIpc) is 2.06. The molecule has 1 rings (SSSR count). The number of benzene rings is 1. The van der Waals surface area contributed by atoms with Gasteiger partial charge in [-0.2, -0.15) is 0 Å². The minimum Gasteiger partial charge on any atom is -0.286 e. The van der Waals surface area contributed by atoms with Crippen LogP contribution < -0.4 is 0 Å². The summed E-state index contributed by atoms with van der Waals surface area (Å²) in [6, 6.07) is 9.62. The van der Waals surface area contributed by atoms with E-state index in [1.54, 1.807) is 6.08 Å². The number of carbonyl (C=O) groups is 1. The zero-order chi connectivity index (χ0) is 8.81. The van der Waals surface area contributed by atoms with Crippen LogP contribution in [0.15, 0.2) is 47.9 Å². The highest BCUT2D eigenvalue weighted by Crippen LogP contribution is 2.19. The van der Waals surface area contributed by atoms with Crippen LogP contribution in [0.4, 0.5) is 0 Å². The highest BCUT2D eigenvalue weighted by Gasteiger charge is 2.00. The molecule has 0 spiro atoms. The molecular weight excluding hydrogens is 168 g/mol. The Morgan fingerprint density at radius 2 is 2.08 bits per heavy atom. The van der Waals surface area contributed by atoms with Gasteiger partial charge in [0.1, 0.15) is 0 Å². The van der Waals surface area contributed by atoms with E-state index >= 15 is 0 Å². The molecule has 2 heteroatoms. The molecule has 1 aromatic rings. The second-order valence-corrected chi connectivity index (χ2v) is 3.41. The Balaban J connectivity index is 2.52. The van der Waals surface area contributed by atoms with Crippen molar-refractivity contribution in [3.05, 3.63) is 43.0 Å². The minimum atomic E-state index is 0.135. The summed E-state index contributed by atoms with van der Waals surface area (Å²) in [6.07, 6.45) is 2.05. The molecule has 0 heterocycles. The predicted molar refractivity (Wildman–Crippen MR) is 52.1 cm³/mol. The highest BCUT2D eigenvalue weighted by molar-refractivity contribution is 8.13. The van der Waals surface area contributed by atoms with E-state index in [4.69, 9.17) is 0 Å². The summed E-state index contributed by atoms with van der Waals surface area (Å²) in [5.41, 5.74) is 0. The van der Waals surface area contributed by atoms with Crippen LogP contribution in [-0.4, -0.2) is 5.12 Å². The van der Waals surface area contributed by atoms with Crippen LogP contribution in [0.2, 0.25) is 0 Å². The van der Waals surface area contributed by atoms with Crippen molar-refractivity contribution in [2.75, 3.05) is 0 Å². The number of allylic oxidation sites excluding steroid dienone is 1. The molecule has 1 aromatic carbocycles. The molecule has 0 aromatic heterocycles. The lowest BCUT2D eigenvalue weighted by Crippen LogP contribution is -1.86. The first-order chi connectivity index (χ1) is 5.83. The topological polar surface area (TPSA) is 17.1 Å². The molecule has 0 amide bonds. The quantitative estimate of drug-likeness (QED) is 0.523. The van der Waals surface area contributed by atoms with Crippen molar-refractivity contribution in [2.45, 2.75) is 11.3 Å². The Morgan fingerprint density at radius 1 is 1.42 bits per heavy atom. The maximum absolute atomic E-state index is 11.1. The number of rotatable bonds is 3. The molecule has 0 saturated heterocycles. The Bertz CT molecular complexity index is 266. The van der Waals surface area contributed by atoms with Gasteiger partial charge in [-0.1, -0.05) is 36.0 Å². The largest absolute Gasteiger partial charge is 0.286 e. The summed E-state index contributed by atoms with van der Waals surface area (Å²) in [5.74, 6) is 0.